The number of hydrogen-bond acceptors (Lipinski definition) is 5. The summed E-state index contributed by atoms with van der Waals surface area (Å²) in [5, 5.41) is 8.29. The molecule has 0 aromatic heterocycles. The van der Waals surface area contributed by atoms with Gasteiger partial charge in [0.2, 0.25) is 0 Å². The zero-order chi connectivity index (χ0) is 18.1. The fraction of sp³-hybridized carbons (Fsp3) is 0.913. The van der Waals surface area contributed by atoms with Gasteiger partial charge in [-0.2, -0.15) is 0 Å². The Bertz CT molecular complexity index is 396. The molecule has 28 heavy (non-hydrogen) atoms. The van der Waals surface area contributed by atoms with E-state index in [4.69, 9.17) is 9.84 Å². The number of rotatable bonds is 7. The van der Waals surface area contributed by atoms with Gasteiger partial charge in [0.1, 0.15) is 12.7 Å². The van der Waals surface area contributed by atoms with Crippen LogP contribution in [0.15, 0.2) is 0 Å². The van der Waals surface area contributed by atoms with Crippen LogP contribution < -0.4 is 0 Å². The van der Waals surface area contributed by atoms with Gasteiger partial charge in [0.15, 0.2) is 0 Å². The Morgan fingerprint density at radius 3 is 1.86 bits per heavy atom. The molecule has 0 radical (unpaired) electrons. The standard InChI is InChI=1S/C12H20O2.C7H14O3.4CH4/c1-3-8(2)12(13)14-11-7-9-4-5-10(11)6-9;1-3-6(2)7(9)10-5-4-8;;;;/h8-11H,3-7H2,1-2H3;6,8H,3-5H2,1-2H3;4*1H4. The van der Waals surface area contributed by atoms with Crippen molar-refractivity contribution < 1.29 is 24.2 Å². The maximum atomic E-state index is 11.6. The topological polar surface area (TPSA) is 72.8 Å². The van der Waals surface area contributed by atoms with Crippen LogP contribution in [0.5, 0.6) is 0 Å². The lowest BCUT2D eigenvalue weighted by atomic mass is 9.97. The van der Waals surface area contributed by atoms with Crippen molar-refractivity contribution in [1.29, 1.82) is 0 Å². The summed E-state index contributed by atoms with van der Waals surface area (Å²) in [6.45, 7) is 7.73. The molecular formula is C23H50O5. The fourth-order valence-electron chi connectivity index (χ4n) is 3.22. The molecule has 0 spiro atoms. The van der Waals surface area contributed by atoms with E-state index < -0.39 is 0 Å². The summed E-state index contributed by atoms with van der Waals surface area (Å²) in [6.07, 6.45) is 7.01. The molecule has 2 aliphatic rings. The number of esters is 2. The highest BCUT2D eigenvalue weighted by Crippen LogP contribution is 2.46. The molecule has 5 nitrogen and oxygen atoms in total. The molecule has 5 unspecified atom stereocenters. The van der Waals surface area contributed by atoms with Crippen molar-refractivity contribution in [2.24, 2.45) is 23.7 Å². The van der Waals surface area contributed by atoms with E-state index in [-0.39, 0.29) is 72.8 Å². The van der Waals surface area contributed by atoms with Crippen LogP contribution in [-0.2, 0) is 19.1 Å². The van der Waals surface area contributed by atoms with Crippen molar-refractivity contribution >= 4 is 11.9 Å². The van der Waals surface area contributed by atoms with Crippen molar-refractivity contribution in [2.75, 3.05) is 13.2 Å². The van der Waals surface area contributed by atoms with Gasteiger partial charge < -0.3 is 14.6 Å². The maximum absolute atomic E-state index is 11.6. The van der Waals surface area contributed by atoms with Gasteiger partial charge in [-0.25, -0.2) is 0 Å². The second-order valence-corrected chi connectivity index (χ2v) is 7.16. The highest BCUT2D eigenvalue weighted by Gasteiger charge is 2.41. The number of aliphatic hydroxyl groups excluding tert-OH is 1. The minimum Gasteiger partial charge on any atom is -0.463 e. The van der Waals surface area contributed by atoms with Crippen LogP contribution >= 0.6 is 0 Å². The lowest BCUT2D eigenvalue weighted by Gasteiger charge is -2.23. The number of carbonyl (C=O) groups excluding carboxylic acids is 2. The van der Waals surface area contributed by atoms with Gasteiger partial charge in [-0.15, -0.1) is 0 Å². The molecule has 1 N–H and O–H groups in total. The van der Waals surface area contributed by atoms with Gasteiger partial charge in [-0.05, 0) is 50.4 Å². The average Bonchev–Trinajstić information content (AvgIpc) is 3.21. The molecule has 0 saturated heterocycles. The van der Waals surface area contributed by atoms with Crippen LogP contribution in [0, 0.1) is 23.7 Å². The zero-order valence-corrected chi connectivity index (χ0v) is 15.6. The molecular weight excluding hydrogens is 356 g/mol. The first kappa shape index (κ1) is 34.4. The number of hydrogen-bond donors (Lipinski definition) is 1. The number of fused-ring (bicyclic) bond motifs is 2. The number of ether oxygens (including phenoxy) is 2. The Kier molecular flexibility index (Phi) is 22.1. The fourth-order valence-corrected chi connectivity index (χ4v) is 3.22. The van der Waals surface area contributed by atoms with Crippen molar-refractivity contribution in [3.63, 3.8) is 0 Å². The minimum atomic E-state index is -0.225. The Morgan fingerprint density at radius 2 is 1.46 bits per heavy atom. The summed E-state index contributed by atoms with van der Waals surface area (Å²) in [6, 6.07) is 0. The zero-order valence-electron chi connectivity index (χ0n) is 15.6. The summed E-state index contributed by atoms with van der Waals surface area (Å²) in [4.78, 5) is 22.4. The molecule has 0 aliphatic heterocycles. The van der Waals surface area contributed by atoms with Crippen LogP contribution in [-0.4, -0.2) is 36.4 Å². The van der Waals surface area contributed by atoms with E-state index in [0.29, 0.717) is 5.92 Å². The van der Waals surface area contributed by atoms with Gasteiger partial charge >= 0.3 is 11.9 Å². The van der Waals surface area contributed by atoms with Gasteiger partial charge in [-0.3, -0.25) is 9.59 Å². The normalized spacial score (nSPS) is 23.1. The molecule has 0 heterocycles. The molecule has 0 aromatic carbocycles. The molecule has 5 heteroatoms. The first-order valence-electron chi connectivity index (χ1n) is 9.40. The molecule has 0 aromatic rings. The molecule has 2 fully saturated rings. The first-order valence-corrected chi connectivity index (χ1v) is 9.40. The van der Waals surface area contributed by atoms with E-state index in [2.05, 4.69) is 4.74 Å². The minimum absolute atomic E-state index is 0. The lowest BCUT2D eigenvalue weighted by molar-refractivity contribution is -0.156. The van der Waals surface area contributed by atoms with Crippen molar-refractivity contribution in [2.45, 2.75) is 102 Å². The summed E-state index contributed by atoms with van der Waals surface area (Å²) in [5.41, 5.74) is 0. The highest BCUT2D eigenvalue weighted by atomic mass is 16.5. The SMILES string of the molecule is C.C.C.C.CCC(C)C(=O)OC1CC2CCC1C2.CCC(C)C(=O)OCCO. The van der Waals surface area contributed by atoms with Gasteiger partial charge in [0.25, 0.3) is 0 Å². The number of carbonyl (C=O) groups is 2. The first-order chi connectivity index (χ1) is 11.4. The molecule has 2 bridgehead atoms. The van der Waals surface area contributed by atoms with Gasteiger partial charge in [-0.1, -0.05) is 57.4 Å². The second kappa shape index (κ2) is 18.0. The predicted octanol–water partition coefficient (Wildman–Crippen LogP) is 5.88. The van der Waals surface area contributed by atoms with Crippen molar-refractivity contribution in [3.8, 4) is 0 Å². The third-order valence-corrected chi connectivity index (χ3v) is 5.31. The Labute approximate surface area is 175 Å². The summed E-state index contributed by atoms with van der Waals surface area (Å²) >= 11 is 0. The van der Waals surface area contributed by atoms with Crippen molar-refractivity contribution in [1.82, 2.24) is 0 Å². The van der Waals surface area contributed by atoms with Crippen molar-refractivity contribution in [3.05, 3.63) is 0 Å². The third kappa shape index (κ3) is 11.0. The smallest absolute Gasteiger partial charge is 0.308 e. The summed E-state index contributed by atoms with van der Waals surface area (Å²) in [5.74, 6) is 1.37. The van der Waals surface area contributed by atoms with Gasteiger partial charge in [0.05, 0.1) is 18.4 Å². The predicted molar refractivity (Wildman–Crippen MR) is 119 cm³/mol. The lowest BCUT2D eigenvalue weighted by Crippen LogP contribution is -2.26. The van der Waals surface area contributed by atoms with Crippen LogP contribution in [0.2, 0.25) is 0 Å². The third-order valence-electron chi connectivity index (χ3n) is 5.31. The van der Waals surface area contributed by atoms with Gasteiger partial charge in [0, 0.05) is 0 Å². The highest BCUT2D eigenvalue weighted by molar-refractivity contribution is 5.72. The largest absolute Gasteiger partial charge is 0.463 e. The van der Waals surface area contributed by atoms with E-state index in [9.17, 15) is 9.59 Å². The Balaban J connectivity index is -0.000000189. The van der Waals surface area contributed by atoms with Crippen LogP contribution in [0.4, 0.5) is 0 Å². The molecule has 2 saturated carbocycles. The van der Waals surface area contributed by atoms with E-state index >= 15 is 0 Å². The van der Waals surface area contributed by atoms with E-state index in [0.717, 1.165) is 25.2 Å². The molecule has 0 amide bonds. The second-order valence-electron chi connectivity index (χ2n) is 7.16. The maximum Gasteiger partial charge on any atom is 0.308 e. The quantitative estimate of drug-likeness (QED) is 0.535. The average molecular weight is 407 g/mol. The number of aliphatic hydroxyl groups is 1. The Morgan fingerprint density at radius 1 is 0.929 bits per heavy atom. The molecule has 2 rings (SSSR count). The monoisotopic (exact) mass is 406 g/mol. The van der Waals surface area contributed by atoms with Crippen LogP contribution in [0.3, 0.4) is 0 Å². The molecule has 172 valence electrons. The van der Waals surface area contributed by atoms with E-state index in [1.807, 2.05) is 20.8 Å². The molecule has 5 atom stereocenters. The van der Waals surface area contributed by atoms with Crippen LogP contribution in [0.1, 0.15) is 95.9 Å². The molecule has 2 aliphatic carbocycles. The Hall–Kier alpha value is -1.10. The van der Waals surface area contributed by atoms with E-state index in [1.165, 1.54) is 19.3 Å². The van der Waals surface area contributed by atoms with Crippen LogP contribution in [0.25, 0.3) is 0 Å². The summed E-state index contributed by atoms with van der Waals surface area (Å²) in [7, 11) is 0. The van der Waals surface area contributed by atoms with E-state index in [1.54, 1.807) is 6.92 Å². The summed E-state index contributed by atoms with van der Waals surface area (Å²) < 4.78 is 10.2.